The van der Waals surface area contributed by atoms with E-state index in [2.05, 4.69) is 0 Å². The van der Waals surface area contributed by atoms with Gasteiger partial charge in [-0.05, 0) is 41.5 Å². The van der Waals surface area contributed by atoms with Crippen molar-refractivity contribution in [3.8, 4) is 22.6 Å². The van der Waals surface area contributed by atoms with Crippen molar-refractivity contribution in [2.75, 3.05) is 13.2 Å². The second kappa shape index (κ2) is 9.46. The fourth-order valence-electron chi connectivity index (χ4n) is 2.70. The van der Waals surface area contributed by atoms with Gasteiger partial charge < -0.3 is 9.47 Å². The van der Waals surface area contributed by atoms with Crippen molar-refractivity contribution >= 4 is 11.4 Å². The minimum absolute atomic E-state index is 0.0331. The number of nitro benzene ring substituents is 2. The number of hydrogen-bond donors (Lipinski definition) is 0. The molecule has 3 rings (SSSR count). The molecule has 0 heterocycles. The summed E-state index contributed by atoms with van der Waals surface area (Å²) in [6, 6.07) is 16.7. The van der Waals surface area contributed by atoms with E-state index in [1.807, 2.05) is 12.1 Å². The molecule has 0 N–H and O–H groups in total. The molecule has 3 aromatic rings. The van der Waals surface area contributed by atoms with Crippen LogP contribution in [-0.4, -0.2) is 23.1 Å². The third-order valence-corrected chi connectivity index (χ3v) is 4.20. The second-order valence-corrected chi connectivity index (χ2v) is 6.25. The molecule has 0 bridgehead atoms. The number of hydrogen-bond acceptors (Lipinski definition) is 6. The molecule has 0 atom stereocenters. The maximum Gasteiger partial charge on any atom is 0.317 e. The largest absolute Gasteiger partial charge is 0.493 e. The average Bonchev–Trinajstić information content (AvgIpc) is 2.74. The predicted molar refractivity (Wildman–Crippen MR) is 107 cm³/mol. The number of benzene rings is 3. The van der Waals surface area contributed by atoms with Crippen LogP contribution in [0.3, 0.4) is 0 Å². The van der Waals surface area contributed by atoms with Crippen molar-refractivity contribution in [3.05, 3.63) is 92.8 Å². The topological polar surface area (TPSA) is 105 Å². The van der Waals surface area contributed by atoms with Crippen LogP contribution >= 0.6 is 0 Å². The lowest BCUT2D eigenvalue weighted by molar-refractivity contribution is -0.394. The minimum atomic E-state index is -0.721. The fraction of sp³-hybridized carbons (Fsp3) is 0.143. The van der Waals surface area contributed by atoms with Crippen molar-refractivity contribution in [1.82, 2.24) is 0 Å². The van der Waals surface area contributed by atoms with Gasteiger partial charge in [0.1, 0.15) is 11.6 Å². The summed E-state index contributed by atoms with van der Waals surface area (Å²) in [5.74, 6) is 0.316. The number of nitro groups is 2. The molecule has 0 amide bonds. The lowest BCUT2D eigenvalue weighted by atomic mass is 10.1. The van der Waals surface area contributed by atoms with Gasteiger partial charge in [0.05, 0.1) is 29.1 Å². The highest BCUT2D eigenvalue weighted by Crippen LogP contribution is 2.31. The van der Waals surface area contributed by atoms with E-state index in [1.165, 1.54) is 18.2 Å². The summed E-state index contributed by atoms with van der Waals surface area (Å²) in [6.07, 6.45) is 0.452. The first-order chi connectivity index (χ1) is 14.4. The van der Waals surface area contributed by atoms with Crippen LogP contribution in [-0.2, 0) is 0 Å². The molecule has 0 unspecified atom stereocenters. The smallest absolute Gasteiger partial charge is 0.317 e. The van der Waals surface area contributed by atoms with Crippen molar-refractivity contribution < 1.29 is 23.7 Å². The molecule has 3 aromatic carbocycles. The summed E-state index contributed by atoms with van der Waals surface area (Å²) in [7, 11) is 0. The molecule has 0 spiro atoms. The van der Waals surface area contributed by atoms with Gasteiger partial charge in [-0.25, -0.2) is 4.39 Å². The molecule has 0 saturated heterocycles. The summed E-state index contributed by atoms with van der Waals surface area (Å²) >= 11 is 0. The lowest BCUT2D eigenvalue weighted by Gasteiger charge is -2.09. The zero-order valence-corrected chi connectivity index (χ0v) is 15.7. The van der Waals surface area contributed by atoms with Crippen LogP contribution in [0.25, 0.3) is 11.1 Å². The van der Waals surface area contributed by atoms with Crippen molar-refractivity contribution in [3.63, 3.8) is 0 Å². The number of ether oxygens (including phenoxy) is 2. The summed E-state index contributed by atoms with van der Waals surface area (Å²) in [6.45, 7) is 0.461. The van der Waals surface area contributed by atoms with Gasteiger partial charge in [0.25, 0.3) is 5.69 Å². The molecule has 0 aliphatic heterocycles. The Morgan fingerprint density at radius 2 is 1.37 bits per heavy atom. The van der Waals surface area contributed by atoms with Gasteiger partial charge in [-0.15, -0.1) is 0 Å². The molecule has 154 valence electrons. The average molecular weight is 412 g/mol. The zero-order valence-electron chi connectivity index (χ0n) is 15.7. The number of nitrogens with zero attached hydrogens (tertiary/aromatic N) is 2. The van der Waals surface area contributed by atoms with Gasteiger partial charge in [0.15, 0.2) is 5.75 Å². The van der Waals surface area contributed by atoms with E-state index in [4.69, 9.17) is 9.47 Å². The highest BCUT2D eigenvalue weighted by atomic mass is 19.1. The van der Waals surface area contributed by atoms with E-state index < -0.39 is 15.5 Å². The predicted octanol–water partition coefficient (Wildman–Crippen LogP) is 5.16. The van der Waals surface area contributed by atoms with Crippen LogP contribution in [0.5, 0.6) is 11.5 Å². The maximum atomic E-state index is 13.0. The molecule has 0 aliphatic rings. The van der Waals surface area contributed by atoms with Gasteiger partial charge in [-0.3, -0.25) is 20.2 Å². The Hall–Kier alpha value is -4.01. The van der Waals surface area contributed by atoms with E-state index in [0.717, 1.165) is 23.3 Å². The highest BCUT2D eigenvalue weighted by Gasteiger charge is 2.20. The minimum Gasteiger partial charge on any atom is -0.493 e. The zero-order chi connectivity index (χ0) is 21.5. The molecule has 30 heavy (non-hydrogen) atoms. The van der Waals surface area contributed by atoms with Crippen molar-refractivity contribution in [2.45, 2.75) is 6.42 Å². The molecule has 0 saturated carbocycles. The van der Waals surface area contributed by atoms with Crippen LogP contribution in [0.1, 0.15) is 6.42 Å². The summed E-state index contributed by atoms with van der Waals surface area (Å²) in [5.41, 5.74) is 0.986. The van der Waals surface area contributed by atoms with Crippen LogP contribution in [0.2, 0.25) is 0 Å². The monoisotopic (exact) mass is 412 g/mol. The number of rotatable bonds is 9. The molecule has 0 aromatic heterocycles. The third-order valence-electron chi connectivity index (χ3n) is 4.20. The first-order valence-corrected chi connectivity index (χ1v) is 8.98. The van der Waals surface area contributed by atoms with Crippen LogP contribution in [0.15, 0.2) is 66.7 Å². The Morgan fingerprint density at radius 3 is 1.97 bits per heavy atom. The molecule has 0 aliphatic carbocycles. The SMILES string of the molecule is O=[N+]([O-])c1ccc(OCCCOc2ccc(-c3ccc(F)cc3)cc2)c([N+](=O)[O-])c1. The summed E-state index contributed by atoms with van der Waals surface area (Å²) in [4.78, 5) is 20.4. The Kier molecular flexibility index (Phi) is 6.53. The van der Waals surface area contributed by atoms with Gasteiger partial charge >= 0.3 is 5.69 Å². The summed E-state index contributed by atoms with van der Waals surface area (Å²) < 4.78 is 24.0. The molecule has 0 radical (unpaired) electrons. The molecular weight excluding hydrogens is 395 g/mol. The first-order valence-electron chi connectivity index (χ1n) is 8.98. The Balaban J connectivity index is 1.49. The van der Waals surface area contributed by atoms with E-state index in [-0.39, 0.29) is 23.9 Å². The third kappa shape index (κ3) is 5.28. The van der Waals surface area contributed by atoms with Gasteiger partial charge in [0.2, 0.25) is 0 Å². The molecular formula is C21H17FN2O6. The van der Waals surface area contributed by atoms with E-state index >= 15 is 0 Å². The Bertz CT molecular complexity index is 1040. The van der Waals surface area contributed by atoms with Gasteiger partial charge in [-0.2, -0.15) is 0 Å². The fourth-order valence-corrected chi connectivity index (χ4v) is 2.70. The van der Waals surface area contributed by atoms with Gasteiger partial charge in [0, 0.05) is 12.5 Å². The molecule has 9 heteroatoms. The summed E-state index contributed by atoms with van der Waals surface area (Å²) in [5, 5.41) is 21.8. The van der Waals surface area contributed by atoms with E-state index in [0.29, 0.717) is 18.8 Å². The number of halogens is 1. The molecule has 0 fully saturated rings. The Morgan fingerprint density at radius 1 is 0.767 bits per heavy atom. The number of non-ortho nitro benzene ring substituents is 1. The van der Waals surface area contributed by atoms with Crippen molar-refractivity contribution in [2.24, 2.45) is 0 Å². The Labute approximate surface area is 170 Å². The van der Waals surface area contributed by atoms with E-state index in [9.17, 15) is 24.6 Å². The highest BCUT2D eigenvalue weighted by molar-refractivity contribution is 5.64. The van der Waals surface area contributed by atoms with Crippen LogP contribution < -0.4 is 9.47 Å². The quantitative estimate of drug-likeness (QED) is 0.273. The first kappa shape index (κ1) is 20.7. The normalized spacial score (nSPS) is 10.4. The standard InChI is InChI=1S/C21H17FN2O6/c22-17-6-2-15(3-7-17)16-4-9-19(10-5-16)29-12-1-13-30-21-11-8-18(23(25)26)14-20(21)24(27)28/h2-11,14H,1,12-13H2. The van der Waals surface area contributed by atoms with Crippen LogP contribution in [0.4, 0.5) is 15.8 Å². The molecule has 8 nitrogen and oxygen atoms in total. The van der Waals surface area contributed by atoms with Crippen LogP contribution in [0, 0.1) is 26.0 Å². The second-order valence-electron chi connectivity index (χ2n) is 6.25. The maximum absolute atomic E-state index is 13.0. The lowest BCUT2D eigenvalue weighted by Crippen LogP contribution is -2.06. The van der Waals surface area contributed by atoms with Crippen molar-refractivity contribution in [1.29, 1.82) is 0 Å². The van der Waals surface area contributed by atoms with Gasteiger partial charge in [-0.1, -0.05) is 24.3 Å². The van der Waals surface area contributed by atoms with E-state index in [1.54, 1.807) is 24.3 Å².